The number of hydrogen-bond donors (Lipinski definition) is 0. The number of benzene rings is 18. The van der Waals surface area contributed by atoms with E-state index in [0.717, 1.165) is 38.7 Å². The fourth-order valence-corrected chi connectivity index (χ4v) is 21.6. The fourth-order valence-electron chi connectivity index (χ4n) is 21.4. The molecule has 25 rings (SSSR count). The first-order valence-electron chi connectivity index (χ1n) is 43.8. The van der Waals surface area contributed by atoms with Crippen molar-refractivity contribution in [3.05, 3.63) is 384 Å². The van der Waals surface area contributed by atoms with Crippen molar-refractivity contribution in [1.29, 1.82) is 0 Å². The second-order valence-corrected chi connectivity index (χ2v) is 38.0. The second kappa shape index (κ2) is 28.1. The Labute approximate surface area is 739 Å². The molecule has 10 heteroatoms. The average molecular weight is 1650 g/mol. The molecule has 0 radical (unpaired) electrons. The summed E-state index contributed by atoms with van der Waals surface area (Å²) in [4.78, 5) is 28.2. The van der Waals surface area contributed by atoms with Gasteiger partial charge in [-0.2, -0.15) is 9.97 Å². The van der Waals surface area contributed by atoms with Gasteiger partial charge in [0.15, 0.2) is 29.1 Å². The van der Waals surface area contributed by atoms with E-state index in [0.29, 0.717) is 29.1 Å². The lowest BCUT2D eigenvalue weighted by Gasteiger charge is -2.25. The first kappa shape index (κ1) is 77.0. The number of nitrogens with zero attached hydrogens (tertiary/aromatic N) is 6. The van der Waals surface area contributed by atoms with Gasteiger partial charge >= 0.3 is 7.12 Å². The molecule has 1 unspecified atom stereocenters. The van der Waals surface area contributed by atoms with E-state index in [1.165, 1.54) is 170 Å². The van der Waals surface area contributed by atoms with Gasteiger partial charge in [0.2, 0.25) is 10.9 Å². The van der Waals surface area contributed by atoms with Gasteiger partial charge in [-0.3, -0.25) is 0 Å². The monoisotopic (exact) mass is 1640 g/mol. The summed E-state index contributed by atoms with van der Waals surface area (Å²) in [5.41, 5.74) is 25.6. The molecule has 1 atom stereocenters. The van der Waals surface area contributed by atoms with E-state index in [2.05, 4.69) is 322 Å². The van der Waals surface area contributed by atoms with Crippen LogP contribution in [0.2, 0.25) is 5.28 Å². The maximum atomic E-state index is 6.60. The Hall–Kier alpha value is -13.8. The second-order valence-electron chi connectivity index (χ2n) is 37.6. The van der Waals surface area contributed by atoms with Crippen LogP contribution < -0.4 is 5.46 Å². The minimum Gasteiger partial charge on any atom is -0.395 e. The summed E-state index contributed by atoms with van der Waals surface area (Å²) in [7, 11) is -0.484. The smallest absolute Gasteiger partial charge is 0.395 e. The van der Waals surface area contributed by atoms with Gasteiger partial charge in [0, 0.05) is 56.4 Å². The lowest BCUT2D eigenvalue weighted by molar-refractivity contribution is 0.0262. The molecule has 18 aromatic carbocycles. The van der Waals surface area contributed by atoms with Crippen molar-refractivity contribution >= 4 is 110 Å². The maximum Gasteiger partial charge on any atom is 0.498 e. The molecular formula is C116H89BClN6O2+. The van der Waals surface area contributed by atoms with Crippen LogP contribution in [0.3, 0.4) is 0 Å². The van der Waals surface area contributed by atoms with Crippen molar-refractivity contribution in [2.75, 3.05) is 0 Å². The van der Waals surface area contributed by atoms with Crippen LogP contribution in [0.25, 0.3) is 188 Å². The van der Waals surface area contributed by atoms with Crippen molar-refractivity contribution in [2.24, 2.45) is 0 Å². The predicted octanol–water partition coefficient (Wildman–Crippen LogP) is 29.0. The summed E-state index contributed by atoms with van der Waals surface area (Å²) in [5.74, 6) is 3.19. The zero-order valence-corrected chi connectivity index (χ0v) is 73.1. The van der Waals surface area contributed by atoms with Gasteiger partial charge in [-0.05, 0) is 261 Å². The Kier molecular flexibility index (Phi) is 17.2. The molecule has 2 aromatic heterocycles. The summed E-state index contributed by atoms with van der Waals surface area (Å²) in [5, 5.41) is 20.8. The van der Waals surface area contributed by atoms with Crippen molar-refractivity contribution in [2.45, 2.75) is 109 Å². The van der Waals surface area contributed by atoms with Crippen LogP contribution in [0.5, 0.6) is 0 Å². The minimum absolute atomic E-state index is 0.154. The van der Waals surface area contributed by atoms with Gasteiger partial charge in [-0.15, -0.1) is 0 Å². The fraction of sp³-hybridized carbons (Fsp3) is 0.147. The van der Waals surface area contributed by atoms with Crippen LogP contribution in [0.15, 0.2) is 328 Å². The van der Waals surface area contributed by atoms with E-state index in [1.54, 1.807) is 0 Å². The lowest BCUT2D eigenvalue weighted by atomic mass is 9.72. The summed E-state index contributed by atoms with van der Waals surface area (Å²) in [6.45, 7) is 29.8. The molecule has 1 aliphatic heterocycles. The average Bonchev–Trinajstić information content (AvgIpc) is 1.53. The highest BCUT2D eigenvalue weighted by Crippen LogP contribution is 2.62. The van der Waals surface area contributed by atoms with Crippen LogP contribution in [0.1, 0.15) is 121 Å². The van der Waals surface area contributed by atoms with Gasteiger partial charge in [-0.25, -0.2) is 19.9 Å². The van der Waals surface area contributed by atoms with E-state index < -0.39 is 18.3 Å². The van der Waals surface area contributed by atoms with Gasteiger partial charge < -0.3 is 9.31 Å². The van der Waals surface area contributed by atoms with Crippen LogP contribution in [-0.2, 0) is 31.0 Å². The summed E-state index contributed by atoms with van der Waals surface area (Å²) in [6.07, 6.45) is 0. The Balaban J connectivity index is 0.000000121. The topological polar surface area (TPSA) is 95.8 Å². The number of aromatic nitrogens is 6. The highest BCUT2D eigenvalue weighted by atomic mass is 35.5. The first-order valence-corrected chi connectivity index (χ1v) is 44.2. The predicted molar refractivity (Wildman–Crippen MR) is 524 cm³/mol. The molecule has 126 heavy (non-hydrogen) atoms. The molecule has 8 nitrogen and oxygen atoms in total. The molecule has 0 bridgehead atoms. The largest absolute Gasteiger partial charge is 0.498 e. The Bertz CT molecular complexity index is 7910. The summed E-state index contributed by atoms with van der Waals surface area (Å²) >= 11 is 5.99. The van der Waals surface area contributed by atoms with Crippen molar-refractivity contribution < 1.29 is 9.31 Å². The normalized spacial score (nSPS) is 16.4. The van der Waals surface area contributed by atoms with E-state index >= 15 is 0 Å². The molecule has 0 N–H and O–H groups in total. The molecule has 5 aliphatic rings. The van der Waals surface area contributed by atoms with E-state index in [4.69, 9.17) is 35.9 Å². The summed E-state index contributed by atoms with van der Waals surface area (Å²) in [6, 6.07) is 118. The molecule has 0 saturated carbocycles. The molecule has 3 heterocycles. The quantitative estimate of drug-likeness (QED) is 0.0923. The molecule has 1 fully saturated rings. The van der Waals surface area contributed by atoms with Crippen molar-refractivity contribution in [1.82, 2.24) is 29.9 Å². The van der Waals surface area contributed by atoms with Crippen molar-refractivity contribution in [3.63, 3.8) is 0 Å². The van der Waals surface area contributed by atoms with Gasteiger partial charge in [0.1, 0.15) is 5.60 Å². The van der Waals surface area contributed by atoms with E-state index in [-0.39, 0.29) is 26.9 Å². The number of halogens is 1. The Morgan fingerprint density at radius 2 is 0.484 bits per heavy atom. The van der Waals surface area contributed by atoms with Crippen LogP contribution in [0, 0.1) is 6.92 Å². The molecule has 0 amide bonds. The molecular weight excluding hydrogens is 1560 g/mol. The SMILES string of the molecule is CC1(C)c2cc3c(cc2-c2cc4c5ccccc5c5ccccc5c4cc21)C(C)(C)c1cc(-c2nc(-c4ccccc4)nc(-c4ccccc4)n2)c2ccccc2c1-3.Clc1nc(-c2ccccc2)nc(-c2ccccc2)n1.[CH2+]C1(C)OB(c2cc3c(c4ccccc24)-c2cc4c(cc2C3(C)C)-c2cc3c5ccccc5c5ccccc5c3cc2C4(C)C)OC1(C)C. The lowest BCUT2D eigenvalue weighted by Crippen LogP contribution is -2.42. The first-order chi connectivity index (χ1) is 60.9. The highest BCUT2D eigenvalue weighted by molar-refractivity contribution is 6.65. The third-order valence-electron chi connectivity index (χ3n) is 28.6. The van der Waals surface area contributed by atoms with E-state index in [1.807, 2.05) is 104 Å². The Morgan fingerprint density at radius 3 is 0.849 bits per heavy atom. The van der Waals surface area contributed by atoms with Crippen LogP contribution in [-0.4, -0.2) is 48.2 Å². The summed E-state index contributed by atoms with van der Waals surface area (Å²) < 4.78 is 13.2. The molecule has 0 spiro atoms. The third kappa shape index (κ3) is 11.7. The van der Waals surface area contributed by atoms with Crippen molar-refractivity contribution in [3.8, 4) is 101 Å². The van der Waals surface area contributed by atoms with Crippen LogP contribution >= 0.6 is 11.6 Å². The van der Waals surface area contributed by atoms with Gasteiger partial charge in [-0.1, -0.05) is 328 Å². The van der Waals surface area contributed by atoms with Crippen LogP contribution in [0.4, 0.5) is 0 Å². The molecule has 604 valence electrons. The number of fused-ring (bicyclic) bond motifs is 28. The van der Waals surface area contributed by atoms with Gasteiger partial charge in [0.05, 0.1) is 6.92 Å². The van der Waals surface area contributed by atoms with E-state index in [9.17, 15) is 0 Å². The minimum atomic E-state index is -0.655. The Morgan fingerprint density at radius 1 is 0.230 bits per heavy atom. The molecule has 1 saturated heterocycles. The zero-order valence-electron chi connectivity index (χ0n) is 72.3. The van der Waals surface area contributed by atoms with Gasteiger partial charge in [0.25, 0.3) is 0 Å². The standard InChI is InChI=1S/C55H39N3.C46H40BO2.C15H10ClN3/c1-54(2)46-28-41-37-24-14-12-22-35(37)34-21-11-13-23-36(34)40(41)27-42(46)43-29-48-45(31-47(43)54)50-39-26-16-15-25-38(39)44(30-49(50)55(48,3)4)53-57-51(32-17-7-5-8-18-32)56-52(58-53)33-19-9-6-10-20-33;1-43(2)37-22-33-29-18-12-10-16-27(29)26-15-9-11-17-28(26)32(33)21-34(37)35-23-39-36(24-38(35)43)42-31-20-14-13-19-30(31)41(25-40(42)44(39,3)4)47-48-45(5,6)46(7,8)49-47;16-15-18-13(11-7-3-1-4-8-11)17-14(19-15)12-9-5-2-6-10-12/h5-31H,1-4H3;9-25H,5H2,1-4,6-8H3;1-10H/q;+1;. The third-order valence-corrected chi connectivity index (χ3v) is 28.8. The highest BCUT2D eigenvalue weighted by Gasteiger charge is 2.58. The maximum absolute atomic E-state index is 6.60. The molecule has 4 aliphatic carbocycles. The zero-order chi connectivity index (χ0) is 85.8. The molecule has 20 aromatic rings. The number of rotatable bonds is 6. The number of hydrogen-bond acceptors (Lipinski definition) is 8.